The predicted molar refractivity (Wildman–Crippen MR) is 45.7 cm³/mol. The summed E-state index contributed by atoms with van der Waals surface area (Å²) in [4.78, 5) is 0. The predicted octanol–water partition coefficient (Wildman–Crippen LogP) is 2.21. The molecule has 0 fully saturated rings. The number of ether oxygens (including phenoxy) is 1. The topological polar surface area (TPSA) is 23.3 Å². The van der Waals surface area contributed by atoms with Crippen LogP contribution in [0.25, 0.3) is 0 Å². The average molecular weight is 171 g/mol. The normalized spacial score (nSPS) is 9.36. The largest absolute Gasteiger partial charge is 0.497 e. The lowest BCUT2D eigenvalue weighted by Crippen LogP contribution is -1.89. The Balaban J connectivity index is 3.02. The maximum absolute atomic E-state index is 5.80. The highest BCUT2D eigenvalue weighted by Gasteiger charge is 1.99. The zero-order valence-corrected chi connectivity index (χ0v) is 7.22. The molecule has 0 saturated heterocycles. The minimum absolute atomic E-state index is 0.647. The van der Waals surface area contributed by atoms with Gasteiger partial charge in [0.15, 0.2) is 0 Å². The summed E-state index contributed by atoms with van der Waals surface area (Å²) in [6.07, 6.45) is 0. The molecule has 3 heteroatoms. The molecule has 2 nitrogen and oxygen atoms in total. The van der Waals surface area contributed by atoms with Crippen molar-refractivity contribution in [2.24, 2.45) is 0 Å². The van der Waals surface area contributed by atoms with Crippen molar-refractivity contribution in [3.8, 4) is 5.75 Å². The molecule has 0 spiro atoms. The zero-order chi connectivity index (χ0) is 8.27. The van der Waals surface area contributed by atoms with Gasteiger partial charge in [0.1, 0.15) is 5.75 Å². The van der Waals surface area contributed by atoms with Crippen LogP contribution in [0.4, 0.5) is 5.69 Å². The fraction of sp³-hybridized carbons (Fsp3) is 0.250. The van der Waals surface area contributed by atoms with E-state index in [9.17, 15) is 0 Å². The number of hydrogen-bond acceptors (Lipinski definition) is 1. The van der Waals surface area contributed by atoms with E-state index in [0.29, 0.717) is 5.02 Å². The Labute approximate surface area is 71.1 Å². The van der Waals surface area contributed by atoms with Crippen molar-refractivity contribution < 1.29 is 4.74 Å². The summed E-state index contributed by atoms with van der Waals surface area (Å²) < 4.78 is 4.99. The first-order chi connectivity index (χ1) is 5.27. The van der Waals surface area contributed by atoms with Gasteiger partial charge in [0.25, 0.3) is 0 Å². The number of hydrogen-bond donors (Lipinski definition) is 0. The molecule has 0 aliphatic heterocycles. The molecule has 1 rings (SSSR count). The molecule has 0 heterocycles. The van der Waals surface area contributed by atoms with Gasteiger partial charge in [-0.25, -0.2) is 0 Å². The summed E-state index contributed by atoms with van der Waals surface area (Å²) in [5.41, 5.74) is 0.756. The molecule has 0 aliphatic rings. The molecule has 0 saturated carbocycles. The number of methoxy groups -OCH3 is 1. The minimum Gasteiger partial charge on any atom is -0.497 e. The van der Waals surface area contributed by atoms with Crippen LogP contribution in [0.3, 0.4) is 0 Å². The molecule has 0 atom stereocenters. The lowest BCUT2D eigenvalue weighted by atomic mass is 10.3. The van der Waals surface area contributed by atoms with Gasteiger partial charge in [-0.2, -0.15) is 0 Å². The number of rotatable bonds is 2. The summed E-state index contributed by atoms with van der Waals surface area (Å²) in [5, 5.41) is 4.61. The summed E-state index contributed by atoms with van der Waals surface area (Å²) in [5.74, 6) is 0.773. The van der Waals surface area contributed by atoms with E-state index in [-0.39, 0.29) is 0 Å². The van der Waals surface area contributed by atoms with Crippen molar-refractivity contribution in [3.05, 3.63) is 23.2 Å². The first kappa shape index (κ1) is 8.21. The second kappa shape index (κ2) is 3.49. The highest BCUT2D eigenvalue weighted by molar-refractivity contribution is 6.32. The zero-order valence-electron chi connectivity index (χ0n) is 6.47. The Morgan fingerprint density at radius 1 is 1.45 bits per heavy atom. The highest BCUT2D eigenvalue weighted by atomic mass is 35.5. The van der Waals surface area contributed by atoms with Gasteiger partial charge in [-0.1, -0.05) is 11.6 Å². The van der Waals surface area contributed by atoms with E-state index in [0.717, 1.165) is 11.4 Å². The van der Waals surface area contributed by atoms with E-state index in [4.69, 9.17) is 16.3 Å². The lowest BCUT2D eigenvalue weighted by molar-refractivity contribution is 0.415. The van der Waals surface area contributed by atoms with Gasteiger partial charge in [-0.15, -0.1) is 0 Å². The maximum Gasteiger partial charge on any atom is 0.121 e. The fourth-order valence-electron chi connectivity index (χ4n) is 0.791. The van der Waals surface area contributed by atoms with E-state index < -0.39 is 0 Å². The Kier molecular flexibility index (Phi) is 2.60. The van der Waals surface area contributed by atoms with Crippen LogP contribution < -0.4 is 10.1 Å². The molecule has 1 radical (unpaired) electrons. The molecule has 1 aromatic carbocycles. The molecule has 0 bridgehead atoms. The average Bonchev–Trinajstić information content (AvgIpc) is 2.05. The molecule has 0 N–H and O–H groups in total. The van der Waals surface area contributed by atoms with Gasteiger partial charge < -0.3 is 4.74 Å². The van der Waals surface area contributed by atoms with E-state index in [1.165, 1.54) is 0 Å². The van der Waals surface area contributed by atoms with Crippen molar-refractivity contribution >= 4 is 17.3 Å². The molecule has 11 heavy (non-hydrogen) atoms. The molecular weight excluding hydrogens is 162 g/mol. The number of nitrogens with zero attached hydrogens (tertiary/aromatic N) is 1. The van der Waals surface area contributed by atoms with Gasteiger partial charge in [0.2, 0.25) is 0 Å². The monoisotopic (exact) mass is 170 g/mol. The summed E-state index contributed by atoms with van der Waals surface area (Å²) in [6.45, 7) is 0. The quantitative estimate of drug-likeness (QED) is 0.668. The Morgan fingerprint density at radius 2 is 2.18 bits per heavy atom. The van der Waals surface area contributed by atoms with E-state index in [1.54, 1.807) is 32.4 Å². The lowest BCUT2D eigenvalue weighted by Gasteiger charge is -2.03. The van der Waals surface area contributed by atoms with Crippen LogP contribution in [0, 0.1) is 0 Å². The number of halogens is 1. The SMILES string of the molecule is C[N]c1cc(OC)ccc1Cl. The standard InChI is InChI=1S/C8H9ClNO/c1-10-8-5-6(11-2)3-4-7(8)9/h3-5H,1-2H3. The second-order valence-electron chi connectivity index (χ2n) is 2.04. The summed E-state index contributed by atoms with van der Waals surface area (Å²) >= 11 is 5.80. The van der Waals surface area contributed by atoms with Gasteiger partial charge in [-0.3, -0.25) is 5.32 Å². The van der Waals surface area contributed by atoms with Gasteiger partial charge in [0.05, 0.1) is 17.8 Å². The molecule has 0 aromatic heterocycles. The van der Waals surface area contributed by atoms with Gasteiger partial charge in [-0.05, 0) is 12.1 Å². The molecule has 59 valence electrons. The molecule has 0 aliphatic carbocycles. The minimum atomic E-state index is 0.647. The van der Waals surface area contributed by atoms with Crippen molar-refractivity contribution in [2.45, 2.75) is 0 Å². The van der Waals surface area contributed by atoms with Crippen LogP contribution in [0.15, 0.2) is 18.2 Å². The van der Waals surface area contributed by atoms with Crippen LogP contribution in [0.2, 0.25) is 5.02 Å². The molecule has 1 aromatic rings. The third kappa shape index (κ3) is 1.77. The summed E-state index contributed by atoms with van der Waals surface area (Å²) in [7, 11) is 3.31. The third-order valence-electron chi connectivity index (χ3n) is 1.39. The van der Waals surface area contributed by atoms with Gasteiger partial charge >= 0.3 is 0 Å². The van der Waals surface area contributed by atoms with Crippen LogP contribution >= 0.6 is 11.6 Å². The maximum atomic E-state index is 5.80. The van der Waals surface area contributed by atoms with Crippen molar-refractivity contribution in [3.63, 3.8) is 0 Å². The Bertz CT molecular complexity index is 250. The van der Waals surface area contributed by atoms with Gasteiger partial charge in [0, 0.05) is 13.1 Å². The fourth-order valence-corrected chi connectivity index (χ4v) is 0.993. The van der Waals surface area contributed by atoms with Crippen LogP contribution in [-0.4, -0.2) is 14.2 Å². The van der Waals surface area contributed by atoms with Crippen molar-refractivity contribution in [2.75, 3.05) is 14.2 Å². The van der Waals surface area contributed by atoms with Crippen LogP contribution in [-0.2, 0) is 0 Å². The molecular formula is C8H9ClNO. The first-order valence-corrected chi connectivity index (χ1v) is 3.59. The number of benzene rings is 1. The van der Waals surface area contributed by atoms with E-state index in [2.05, 4.69) is 5.32 Å². The Hall–Kier alpha value is -0.890. The van der Waals surface area contributed by atoms with Crippen LogP contribution in [0.1, 0.15) is 0 Å². The highest BCUT2D eigenvalue weighted by Crippen LogP contribution is 2.25. The summed E-state index contributed by atoms with van der Waals surface area (Å²) in [6, 6.07) is 5.36. The van der Waals surface area contributed by atoms with E-state index in [1.807, 2.05) is 0 Å². The third-order valence-corrected chi connectivity index (χ3v) is 1.71. The molecule has 0 amide bonds. The van der Waals surface area contributed by atoms with Crippen LogP contribution in [0.5, 0.6) is 5.75 Å². The second-order valence-corrected chi connectivity index (χ2v) is 2.45. The molecule has 0 unspecified atom stereocenters. The van der Waals surface area contributed by atoms with Crippen molar-refractivity contribution in [1.29, 1.82) is 0 Å². The van der Waals surface area contributed by atoms with E-state index >= 15 is 0 Å². The first-order valence-electron chi connectivity index (χ1n) is 3.21. The van der Waals surface area contributed by atoms with Crippen molar-refractivity contribution in [1.82, 2.24) is 5.32 Å². The smallest absolute Gasteiger partial charge is 0.121 e. The Morgan fingerprint density at radius 3 is 2.73 bits per heavy atom.